The SMILES string of the molecule is Cc1cc(N2CCOCC2)nc(N2CCN(C(=O)CN3C(=O)c4ccccc4C3=O)CC2)n1. The van der Waals surface area contributed by atoms with Crippen LogP contribution in [0.15, 0.2) is 30.3 Å². The molecule has 4 heterocycles. The van der Waals surface area contributed by atoms with E-state index in [2.05, 4.69) is 14.8 Å². The van der Waals surface area contributed by atoms with Crippen LogP contribution in [0.5, 0.6) is 0 Å². The number of aryl methyl sites for hydroxylation is 1. The fourth-order valence-electron chi connectivity index (χ4n) is 4.41. The van der Waals surface area contributed by atoms with Gasteiger partial charge in [-0.15, -0.1) is 0 Å². The second-order valence-corrected chi connectivity index (χ2v) is 8.38. The normalized spacial score (nSPS) is 18.7. The Morgan fingerprint density at radius 3 is 2.18 bits per heavy atom. The Morgan fingerprint density at radius 1 is 0.909 bits per heavy atom. The molecule has 3 amide bonds. The number of rotatable bonds is 4. The molecule has 5 rings (SSSR count). The first-order valence-electron chi connectivity index (χ1n) is 11.2. The lowest BCUT2D eigenvalue weighted by Gasteiger charge is -2.36. The van der Waals surface area contributed by atoms with Gasteiger partial charge >= 0.3 is 0 Å². The van der Waals surface area contributed by atoms with Crippen LogP contribution in [-0.4, -0.2) is 96.5 Å². The van der Waals surface area contributed by atoms with E-state index in [0.717, 1.165) is 29.5 Å². The molecule has 1 aromatic carbocycles. The Morgan fingerprint density at radius 2 is 1.55 bits per heavy atom. The van der Waals surface area contributed by atoms with E-state index < -0.39 is 11.8 Å². The van der Waals surface area contributed by atoms with Gasteiger partial charge in [-0.2, -0.15) is 4.98 Å². The van der Waals surface area contributed by atoms with Crippen LogP contribution in [-0.2, 0) is 9.53 Å². The van der Waals surface area contributed by atoms with E-state index in [1.165, 1.54) is 0 Å². The largest absolute Gasteiger partial charge is 0.378 e. The van der Waals surface area contributed by atoms with Crippen LogP contribution in [0.1, 0.15) is 26.4 Å². The average Bonchev–Trinajstić information content (AvgIpc) is 3.09. The second-order valence-electron chi connectivity index (χ2n) is 8.38. The number of anilines is 2. The molecule has 33 heavy (non-hydrogen) atoms. The minimum atomic E-state index is -0.411. The Hall–Kier alpha value is -3.53. The number of piperazine rings is 1. The lowest BCUT2D eigenvalue weighted by atomic mass is 10.1. The molecule has 0 saturated carbocycles. The molecule has 0 radical (unpaired) electrons. The van der Waals surface area contributed by atoms with Gasteiger partial charge in [0.1, 0.15) is 12.4 Å². The van der Waals surface area contributed by atoms with Gasteiger partial charge in [0, 0.05) is 51.0 Å². The van der Waals surface area contributed by atoms with E-state index in [1.54, 1.807) is 29.2 Å². The van der Waals surface area contributed by atoms with Crippen molar-refractivity contribution in [2.45, 2.75) is 6.92 Å². The van der Waals surface area contributed by atoms with Gasteiger partial charge < -0.3 is 19.4 Å². The molecule has 10 heteroatoms. The third kappa shape index (κ3) is 4.13. The van der Waals surface area contributed by atoms with Crippen LogP contribution in [0.25, 0.3) is 0 Å². The Bertz CT molecular complexity index is 1060. The van der Waals surface area contributed by atoms with Crippen molar-refractivity contribution >= 4 is 29.5 Å². The molecule has 0 N–H and O–H groups in total. The van der Waals surface area contributed by atoms with E-state index in [-0.39, 0.29) is 12.5 Å². The summed E-state index contributed by atoms with van der Waals surface area (Å²) in [5.74, 6) is 0.495. The standard InChI is InChI=1S/C23H26N6O4/c1-16-14-19(26-10-12-33-13-11-26)25-23(24-16)28-8-6-27(7-9-28)20(30)15-29-21(31)17-4-2-3-5-18(17)22(29)32/h2-5,14H,6-13,15H2,1H3. The molecular formula is C23H26N6O4. The number of ether oxygens (including phenoxy) is 1. The van der Waals surface area contributed by atoms with Crippen LogP contribution in [0.4, 0.5) is 11.8 Å². The van der Waals surface area contributed by atoms with Crippen molar-refractivity contribution < 1.29 is 19.1 Å². The number of hydrogen-bond donors (Lipinski definition) is 0. The maximum atomic E-state index is 12.9. The van der Waals surface area contributed by atoms with Crippen molar-refractivity contribution in [1.29, 1.82) is 0 Å². The zero-order valence-electron chi connectivity index (χ0n) is 18.6. The van der Waals surface area contributed by atoms with Gasteiger partial charge in [0.25, 0.3) is 11.8 Å². The number of carbonyl (C=O) groups excluding carboxylic acids is 3. The molecule has 0 atom stereocenters. The Labute approximate surface area is 191 Å². The average molecular weight is 450 g/mol. The summed E-state index contributed by atoms with van der Waals surface area (Å²) in [5.41, 5.74) is 1.60. The highest BCUT2D eigenvalue weighted by molar-refractivity contribution is 6.22. The zero-order valence-corrected chi connectivity index (χ0v) is 18.6. The summed E-state index contributed by atoms with van der Waals surface area (Å²) in [5, 5.41) is 0. The molecule has 2 aromatic rings. The molecule has 0 spiro atoms. The molecule has 0 unspecified atom stereocenters. The van der Waals surface area contributed by atoms with Crippen LogP contribution >= 0.6 is 0 Å². The van der Waals surface area contributed by atoms with Gasteiger partial charge in [0.05, 0.1) is 24.3 Å². The van der Waals surface area contributed by atoms with Gasteiger partial charge in [-0.1, -0.05) is 12.1 Å². The summed E-state index contributed by atoms with van der Waals surface area (Å²) in [4.78, 5) is 54.3. The second kappa shape index (κ2) is 8.78. The van der Waals surface area contributed by atoms with Crippen molar-refractivity contribution in [3.63, 3.8) is 0 Å². The minimum Gasteiger partial charge on any atom is -0.378 e. The highest BCUT2D eigenvalue weighted by atomic mass is 16.5. The Kier molecular flexibility index (Phi) is 5.67. The van der Waals surface area contributed by atoms with Crippen molar-refractivity contribution in [2.24, 2.45) is 0 Å². The van der Waals surface area contributed by atoms with Gasteiger partial charge in [0.2, 0.25) is 11.9 Å². The first-order chi connectivity index (χ1) is 16.0. The van der Waals surface area contributed by atoms with E-state index in [4.69, 9.17) is 9.72 Å². The van der Waals surface area contributed by atoms with Crippen LogP contribution in [0.3, 0.4) is 0 Å². The number of hydrogen-bond acceptors (Lipinski definition) is 8. The van der Waals surface area contributed by atoms with E-state index >= 15 is 0 Å². The smallest absolute Gasteiger partial charge is 0.262 e. The monoisotopic (exact) mass is 450 g/mol. The summed E-state index contributed by atoms with van der Waals surface area (Å²) in [6, 6.07) is 8.65. The molecule has 2 saturated heterocycles. The number of fused-ring (bicyclic) bond motifs is 1. The molecule has 3 aliphatic rings. The molecule has 10 nitrogen and oxygen atoms in total. The van der Waals surface area contributed by atoms with Crippen LogP contribution in [0.2, 0.25) is 0 Å². The molecule has 172 valence electrons. The first kappa shape index (κ1) is 21.3. The first-order valence-corrected chi connectivity index (χ1v) is 11.2. The third-order valence-electron chi connectivity index (χ3n) is 6.25. The van der Waals surface area contributed by atoms with Gasteiger partial charge in [-0.25, -0.2) is 4.98 Å². The van der Waals surface area contributed by atoms with Crippen LogP contribution < -0.4 is 9.80 Å². The van der Waals surface area contributed by atoms with Crippen LogP contribution in [0, 0.1) is 6.92 Å². The number of imide groups is 1. The lowest BCUT2D eigenvalue weighted by molar-refractivity contribution is -0.131. The predicted octanol–water partition coefficient (Wildman–Crippen LogP) is 0.566. The van der Waals surface area contributed by atoms with Gasteiger partial charge in [-0.3, -0.25) is 19.3 Å². The topological polar surface area (TPSA) is 99.2 Å². The molecule has 0 aliphatic carbocycles. The maximum Gasteiger partial charge on any atom is 0.262 e. The van der Waals surface area contributed by atoms with Crippen molar-refractivity contribution in [3.05, 3.63) is 47.2 Å². The quantitative estimate of drug-likeness (QED) is 0.624. The summed E-state index contributed by atoms with van der Waals surface area (Å²) in [6.45, 7) is 6.81. The number of aromatic nitrogens is 2. The summed E-state index contributed by atoms with van der Waals surface area (Å²) < 4.78 is 5.43. The molecule has 3 aliphatic heterocycles. The van der Waals surface area contributed by atoms with E-state index in [1.807, 2.05) is 13.0 Å². The summed E-state index contributed by atoms with van der Waals surface area (Å²) >= 11 is 0. The summed E-state index contributed by atoms with van der Waals surface area (Å²) in [6.07, 6.45) is 0. The molecular weight excluding hydrogens is 424 g/mol. The Balaban J connectivity index is 1.21. The summed E-state index contributed by atoms with van der Waals surface area (Å²) in [7, 11) is 0. The number of carbonyl (C=O) groups is 3. The number of benzene rings is 1. The molecule has 1 aromatic heterocycles. The number of amides is 3. The fourth-order valence-corrected chi connectivity index (χ4v) is 4.41. The van der Waals surface area contributed by atoms with E-state index in [0.29, 0.717) is 56.5 Å². The number of morpholine rings is 1. The minimum absolute atomic E-state index is 0.233. The van der Waals surface area contributed by atoms with Crippen molar-refractivity contribution in [2.75, 3.05) is 68.8 Å². The van der Waals surface area contributed by atoms with Crippen molar-refractivity contribution in [3.8, 4) is 0 Å². The van der Waals surface area contributed by atoms with Gasteiger partial charge in [0.15, 0.2) is 0 Å². The maximum absolute atomic E-state index is 12.9. The van der Waals surface area contributed by atoms with E-state index in [9.17, 15) is 14.4 Å². The third-order valence-corrected chi connectivity index (χ3v) is 6.25. The highest BCUT2D eigenvalue weighted by Gasteiger charge is 2.37. The zero-order chi connectivity index (χ0) is 22.9. The lowest BCUT2D eigenvalue weighted by Crippen LogP contribution is -2.52. The molecule has 0 bridgehead atoms. The fraction of sp³-hybridized carbons (Fsp3) is 0.435. The predicted molar refractivity (Wildman–Crippen MR) is 120 cm³/mol. The highest BCUT2D eigenvalue weighted by Crippen LogP contribution is 2.23. The van der Waals surface area contributed by atoms with Crippen molar-refractivity contribution in [1.82, 2.24) is 19.8 Å². The molecule has 2 fully saturated rings. The number of nitrogens with zero attached hydrogens (tertiary/aromatic N) is 6. The van der Waals surface area contributed by atoms with Gasteiger partial charge in [-0.05, 0) is 19.1 Å².